The number of H-pyrrole nitrogens is 1. The monoisotopic (exact) mass is 295 g/mol. The van der Waals surface area contributed by atoms with E-state index in [1.54, 1.807) is 6.33 Å². The van der Waals surface area contributed by atoms with E-state index in [2.05, 4.69) is 57.1 Å². The molecular weight excluding hydrogens is 278 g/mol. The highest BCUT2D eigenvalue weighted by atomic mass is 32.1. The Labute approximate surface area is 128 Å². The standard InChI is InChI=1S/C17H17N3S/c1-2-16(21-9-1)17(13-3-4-13)20-14-7-5-12(6-8-14)15-10-18-11-19-15/h1-2,5-11,13,17,20H,3-4H2,(H,18,19). The minimum Gasteiger partial charge on any atom is -0.377 e. The van der Waals surface area contributed by atoms with Crippen molar-refractivity contribution in [3.8, 4) is 11.3 Å². The van der Waals surface area contributed by atoms with Crippen LogP contribution in [-0.4, -0.2) is 9.97 Å². The van der Waals surface area contributed by atoms with Crippen LogP contribution in [0.25, 0.3) is 11.3 Å². The van der Waals surface area contributed by atoms with E-state index >= 15 is 0 Å². The molecule has 0 aliphatic heterocycles. The van der Waals surface area contributed by atoms with Crippen LogP contribution >= 0.6 is 11.3 Å². The van der Waals surface area contributed by atoms with Crippen LogP contribution < -0.4 is 5.32 Å². The summed E-state index contributed by atoms with van der Waals surface area (Å²) in [6, 6.07) is 13.4. The Bertz CT molecular complexity index is 682. The number of anilines is 1. The summed E-state index contributed by atoms with van der Waals surface area (Å²) in [6.07, 6.45) is 6.23. The molecule has 0 saturated heterocycles. The first-order valence-electron chi connectivity index (χ1n) is 7.29. The van der Waals surface area contributed by atoms with Crippen LogP contribution in [0.5, 0.6) is 0 Å². The molecule has 1 aromatic carbocycles. The van der Waals surface area contributed by atoms with Crippen LogP contribution in [0.2, 0.25) is 0 Å². The van der Waals surface area contributed by atoms with Crippen LogP contribution in [0.3, 0.4) is 0 Å². The van der Waals surface area contributed by atoms with Gasteiger partial charge in [-0.3, -0.25) is 0 Å². The molecule has 1 unspecified atom stereocenters. The molecule has 0 amide bonds. The van der Waals surface area contributed by atoms with E-state index in [1.807, 2.05) is 17.5 Å². The van der Waals surface area contributed by atoms with Gasteiger partial charge in [0.1, 0.15) is 0 Å². The van der Waals surface area contributed by atoms with Crippen molar-refractivity contribution in [2.75, 3.05) is 5.32 Å². The minimum atomic E-state index is 0.461. The Hall–Kier alpha value is -2.07. The average Bonchev–Trinajstić information content (AvgIpc) is 3.01. The maximum atomic E-state index is 4.06. The molecule has 3 aromatic rings. The lowest BCUT2D eigenvalue weighted by molar-refractivity contribution is 0.691. The van der Waals surface area contributed by atoms with Crippen molar-refractivity contribution in [2.45, 2.75) is 18.9 Å². The van der Waals surface area contributed by atoms with E-state index in [4.69, 9.17) is 0 Å². The Morgan fingerprint density at radius 1 is 1.19 bits per heavy atom. The number of imidazole rings is 1. The number of benzene rings is 1. The van der Waals surface area contributed by atoms with Gasteiger partial charge in [-0.2, -0.15) is 0 Å². The summed E-state index contributed by atoms with van der Waals surface area (Å²) >= 11 is 1.84. The molecule has 1 saturated carbocycles. The number of nitrogens with zero attached hydrogens (tertiary/aromatic N) is 1. The zero-order chi connectivity index (χ0) is 14.1. The first-order valence-corrected chi connectivity index (χ1v) is 8.17. The van der Waals surface area contributed by atoms with Gasteiger partial charge < -0.3 is 10.3 Å². The summed E-state index contributed by atoms with van der Waals surface area (Å²) in [5.41, 5.74) is 3.40. The van der Waals surface area contributed by atoms with E-state index in [0.29, 0.717) is 6.04 Å². The fourth-order valence-electron chi connectivity index (χ4n) is 2.66. The smallest absolute Gasteiger partial charge is 0.0924 e. The number of nitrogens with one attached hydrogen (secondary N) is 2. The maximum absolute atomic E-state index is 4.06. The summed E-state index contributed by atoms with van der Waals surface area (Å²) in [7, 11) is 0. The maximum Gasteiger partial charge on any atom is 0.0924 e. The van der Waals surface area contributed by atoms with Gasteiger partial charge in [-0.25, -0.2) is 4.98 Å². The van der Waals surface area contributed by atoms with Gasteiger partial charge in [0.25, 0.3) is 0 Å². The number of thiophene rings is 1. The molecule has 0 radical (unpaired) electrons. The third kappa shape index (κ3) is 2.72. The molecule has 0 bridgehead atoms. The summed E-state index contributed by atoms with van der Waals surface area (Å²) in [4.78, 5) is 8.64. The summed E-state index contributed by atoms with van der Waals surface area (Å²) < 4.78 is 0. The van der Waals surface area contributed by atoms with Crippen molar-refractivity contribution in [3.63, 3.8) is 0 Å². The predicted octanol–water partition coefficient (Wildman–Crippen LogP) is 4.70. The molecule has 1 fully saturated rings. The van der Waals surface area contributed by atoms with E-state index < -0.39 is 0 Å². The van der Waals surface area contributed by atoms with Gasteiger partial charge in [0.05, 0.1) is 24.3 Å². The molecule has 106 valence electrons. The first kappa shape index (κ1) is 12.7. The number of rotatable bonds is 5. The van der Waals surface area contributed by atoms with Gasteiger partial charge in [0.2, 0.25) is 0 Å². The SMILES string of the molecule is c1csc(C(Nc2ccc(-c3cnc[nH]3)cc2)C2CC2)c1. The van der Waals surface area contributed by atoms with E-state index in [0.717, 1.165) is 17.2 Å². The van der Waals surface area contributed by atoms with Gasteiger partial charge in [-0.15, -0.1) is 11.3 Å². The Balaban J connectivity index is 1.53. The van der Waals surface area contributed by atoms with Crippen molar-refractivity contribution in [1.82, 2.24) is 9.97 Å². The van der Waals surface area contributed by atoms with Crippen molar-refractivity contribution in [3.05, 3.63) is 59.2 Å². The fourth-order valence-corrected chi connectivity index (χ4v) is 3.53. The second-order valence-electron chi connectivity index (χ2n) is 5.52. The van der Waals surface area contributed by atoms with Crippen LogP contribution in [0, 0.1) is 5.92 Å². The lowest BCUT2D eigenvalue weighted by atomic mass is 10.1. The molecular formula is C17H17N3S. The molecule has 3 nitrogen and oxygen atoms in total. The van der Waals surface area contributed by atoms with Crippen molar-refractivity contribution >= 4 is 17.0 Å². The number of hydrogen-bond acceptors (Lipinski definition) is 3. The van der Waals surface area contributed by atoms with E-state index in [-0.39, 0.29) is 0 Å². The van der Waals surface area contributed by atoms with Gasteiger partial charge in [-0.1, -0.05) is 18.2 Å². The number of aromatic amines is 1. The van der Waals surface area contributed by atoms with Crippen molar-refractivity contribution in [1.29, 1.82) is 0 Å². The van der Waals surface area contributed by atoms with Gasteiger partial charge >= 0.3 is 0 Å². The molecule has 2 heterocycles. The van der Waals surface area contributed by atoms with Gasteiger partial charge in [-0.05, 0) is 47.9 Å². The Morgan fingerprint density at radius 3 is 2.67 bits per heavy atom. The molecule has 2 aromatic heterocycles. The molecule has 1 atom stereocenters. The lowest BCUT2D eigenvalue weighted by Crippen LogP contribution is -2.11. The zero-order valence-corrected chi connectivity index (χ0v) is 12.4. The van der Waals surface area contributed by atoms with Crippen LogP contribution in [0.1, 0.15) is 23.8 Å². The molecule has 0 spiro atoms. The molecule has 2 N–H and O–H groups in total. The molecule has 1 aliphatic rings. The normalized spacial score (nSPS) is 15.8. The second-order valence-corrected chi connectivity index (χ2v) is 6.50. The fraction of sp³-hybridized carbons (Fsp3) is 0.235. The highest BCUT2D eigenvalue weighted by Crippen LogP contribution is 2.44. The van der Waals surface area contributed by atoms with Gasteiger partial charge in [0, 0.05) is 10.6 Å². The van der Waals surface area contributed by atoms with Gasteiger partial charge in [0.15, 0.2) is 0 Å². The average molecular weight is 295 g/mol. The Morgan fingerprint density at radius 2 is 2.05 bits per heavy atom. The van der Waals surface area contributed by atoms with Crippen LogP contribution in [-0.2, 0) is 0 Å². The topological polar surface area (TPSA) is 40.7 Å². The minimum absolute atomic E-state index is 0.461. The first-order chi connectivity index (χ1) is 10.4. The lowest BCUT2D eigenvalue weighted by Gasteiger charge is -2.18. The van der Waals surface area contributed by atoms with Crippen LogP contribution in [0.4, 0.5) is 5.69 Å². The summed E-state index contributed by atoms with van der Waals surface area (Å²) in [5, 5.41) is 5.86. The third-order valence-electron chi connectivity index (χ3n) is 3.96. The molecule has 21 heavy (non-hydrogen) atoms. The molecule has 4 rings (SSSR count). The number of aromatic nitrogens is 2. The third-order valence-corrected chi connectivity index (χ3v) is 4.91. The van der Waals surface area contributed by atoms with E-state index in [1.165, 1.54) is 23.4 Å². The second kappa shape index (κ2) is 5.37. The summed E-state index contributed by atoms with van der Waals surface area (Å²) in [6.45, 7) is 0. The van der Waals surface area contributed by atoms with Crippen LogP contribution in [0.15, 0.2) is 54.3 Å². The molecule has 4 heteroatoms. The number of hydrogen-bond donors (Lipinski definition) is 2. The summed E-state index contributed by atoms with van der Waals surface area (Å²) in [5.74, 6) is 0.788. The van der Waals surface area contributed by atoms with E-state index in [9.17, 15) is 0 Å². The quantitative estimate of drug-likeness (QED) is 0.716. The Kier molecular flexibility index (Phi) is 3.24. The van der Waals surface area contributed by atoms with Crippen molar-refractivity contribution in [2.24, 2.45) is 5.92 Å². The highest BCUT2D eigenvalue weighted by Gasteiger charge is 2.32. The molecule has 1 aliphatic carbocycles. The predicted molar refractivity (Wildman–Crippen MR) is 87.4 cm³/mol. The largest absolute Gasteiger partial charge is 0.377 e. The van der Waals surface area contributed by atoms with Crippen molar-refractivity contribution < 1.29 is 0 Å². The highest BCUT2D eigenvalue weighted by molar-refractivity contribution is 7.10. The zero-order valence-electron chi connectivity index (χ0n) is 11.6.